The van der Waals surface area contributed by atoms with Crippen LogP contribution >= 0.6 is 0 Å². The number of aliphatic hydroxyl groups excluding tert-OH is 1. The van der Waals surface area contributed by atoms with E-state index >= 15 is 0 Å². The molecule has 5 N–H and O–H groups in total. The van der Waals surface area contributed by atoms with E-state index in [-0.39, 0.29) is 18.4 Å². The zero-order valence-electron chi connectivity index (χ0n) is 13.8. The first-order chi connectivity index (χ1) is 11.5. The maximum Gasteiger partial charge on any atom is 0.405 e. The number of carbonyl (C=O) groups is 3. The summed E-state index contributed by atoms with van der Waals surface area (Å²) in [6.45, 7) is 0.333. The van der Waals surface area contributed by atoms with Crippen LogP contribution in [0.2, 0.25) is 0 Å². The largest absolute Gasteiger partial charge is 0.465 e. The Bertz CT molecular complexity index is 465. The minimum Gasteiger partial charge on any atom is -0.465 e. The van der Waals surface area contributed by atoms with Crippen molar-refractivity contribution in [2.24, 2.45) is 11.8 Å². The fourth-order valence-corrected chi connectivity index (χ4v) is 3.65. The molecule has 0 spiro atoms. The van der Waals surface area contributed by atoms with Gasteiger partial charge in [-0.2, -0.15) is 0 Å². The molecule has 0 aromatic rings. The van der Waals surface area contributed by atoms with Gasteiger partial charge < -0.3 is 26.2 Å². The molecule has 3 amide bonds. The van der Waals surface area contributed by atoms with Gasteiger partial charge in [0.25, 0.3) is 0 Å². The summed E-state index contributed by atoms with van der Waals surface area (Å²) in [6, 6.07) is -1.37. The highest BCUT2D eigenvalue weighted by molar-refractivity contribution is 5.85. The lowest BCUT2D eigenvalue weighted by Gasteiger charge is -2.24. The molecule has 24 heavy (non-hydrogen) atoms. The lowest BCUT2D eigenvalue weighted by molar-refractivity contribution is -0.126. The van der Waals surface area contributed by atoms with E-state index in [0.29, 0.717) is 31.7 Å². The van der Waals surface area contributed by atoms with Crippen LogP contribution in [0.1, 0.15) is 44.9 Å². The molecule has 1 saturated heterocycles. The second kappa shape index (κ2) is 8.86. The second-order valence-corrected chi connectivity index (χ2v) is 6.79. The number of carboxylic acid groups (broad SMARTS) is 1. The maximum atomic E-state index is 12.4. The number of carbonyl (C=O) groups excluding carboxylic acids is 2. The molecule has 8 nitrogen and oxygen atoms in total. The Morgan fingerprint density at radius 3 is 2.42 bits per heavy atom. The Balaban J connectivity index is 1.90. The van der Waals surface area contributed by atoms with Crippen LogP contribution in [0.15, 0.2) is 0 Å². The Kier molecular flexibility index (Phi) is 6.84. The number of hydrogen-bond acceptors (Lipinski definition) is 4. The van der Waals surface area contributed by atoms with Crippen molar-refractivity contribution < 1.29 is 24.6 Å². The Labute approximate surface area is 141 Å². The van der Waals surface area contributed by atoms with E-state index in [1.165, 1.54) is 0 Å². The second-order valence-electron chi connectivity index (χ2n) is 6.79. The van der Waals surface area contributed by atoms with Crippen LogP contribution in [-0.2, 0) is 9.59 Å². The van der Waals surface area contributed by atoms with E-state index in [1.807, 2.05) is 0 Å². The fourth-order valence-electron chi connectivity index (χ4n) is 3.65. The van der Waals surface area contributed by atoms with Crippen molar-refractivity contribution in [3.05, 3.63) is 0 Å². The molecule has 3 atom stereocenters. The maximum absolute atomic E-state index is 12.4. The summed E-state index contributed by atoms with van der Waals surface area (Å²) >= 11 is 0. The summed E-state index contributed by atoms with van der Waals surface area (Å²) in [5.41, 5.74) is 0. The Morgan fingerprint density at radius 1 is 1.17 bits per heavy atom. The zero-order valence-corrected chi connectivity index (χ0v) is 13.8. The summed E-state index contributed by atoms with van der Waals surface area (Å²) in [5.74, 6) is -0.362. The van der Waals surface area contributed by atoms with Crippen molar-refractivity contribution in [1.29, 1.82) is 0 Å². The number of amides is 3. The molecular formula is C16H27N3O5. The van der Waals surface area contributed by atoms with Gasteiger partial charge in [-0.25, -0.2) is 4.79 Å². The van der Waals surface area contributed by atoms with Gasteiger partial charge in [0, 0.05) is 12.5 Å². The first-order valence-corrected chi connectivity index (χ1v) is 8.68. The van der Waals surface area contributed by atoms with Crippen LogP contribution in [0, 0.1) is 11.8 Å². The summed E-state index contributed by atoms with van der Waals surface area (Å²) in [6.07, 6.45) is 4.53. The molecule has 2 aliphatic rings. The van der Waals surface area contributed by atoms with E-state index in [2.05, 4.69) is 16.0 Å². The minimum absolute atomic E-state index is 0.0612. The van der Waals surface area contributed by atoms with Crippen LogP contribution < -0.4 is 16.0 Å². The third kappa shape index (κ3) is 5.36. The van der Waals surface area contributed by atoms with Crippen molar-refractivity contribution in [2.75, 3.05) is 13.2 Å². The van der Waals surface area contributed by atoms with Crippen molar-refractivity contribution in [2.45, 2.75) is 57.0 Å². The molecule has 1 aliphatic carbocycles. The standard InChI is InChI=1S/C16H27N3O5/c20-9-12(8-11-5-6-17-14(11)21)18-15(22)13(19-16(23)24)7-10-3-1-2-4-10/h10-13,19-20H,1-9H2,(H,17,21)(H,18,22)(H,23,24)/t11-,12-,13-/m0/s1. The van der Waals surface area contributed by atoms with E-state index in [4.69, 9.17) is 5.11 Å². The Morgan fingerprint density at radius 2 is 1.88 bits per heavy atom. The number of nitrogens with one attached hydrogen (secondary N) is 3. The van der Waals surface area contributed by atoms with Crippen LogP contribution in [0.3, 0.4) is 0 Å². The molecule has 0 bridgehead atoms. The van der Waals surface area contributed by atoms with Crippen molar-refractivity contribution >= 4 is 17.9 Å². The van der Waals surface area contributed by atoms with Gasteiger partial charge in [0.1, 0.15) is 6.04 Å². The smallest absolute Gasteiger partial charge is 0.405 e. The Hall–Kier alpha value is -1.83. The normalized spacial score (nSPS) is 23.5. The van der Waals surface area contributed by atoms with Gasteiger partial charge in [-0.05, 0) is 25.2 Å². The van der Waals surface area contributed by atoms with E-state index < -0.39 is 24.1 Å². The monoisotopic (exact) mass is 341 g/mol. The first kappa shape index (κ1) is 18.5. The molecule has 2 rings (SSSR count). The summed E-state index contributed by atoms with van der Waals surface area (Å²) in [7, 11) is 0. The van der Waals surface area contributed by atoms with E-state index in [1.54, 1.807) is 0 Å². The third-order valence-corrected chi connectivity index (χ3v) is 4.96. The summed E-state index contributed by atoms with van der Waals surface area (Å²) in [5, 5.41) is 26.2. The van der Waals surface area contributed by atoms with Crippen LogP contribution in [0.25, 0.3) is 0 Å². The lowest BCUT2D eigenvalue weighted by atomic mass is 9.96. The van der Waals surface area contributed by atoms with Crippen molar-refractivity contribution in [1.82, 2.24) is 16.0 Å². The first-order valence-electron chi connectivity index (χ1n) is 8.68. The molecule has 2 fully saturated rings. The van der Waals surface area contributed by atoms with Gasteiger partial charge in [-0.1, -0.05) is 25.7 Å². The lowest BCUT2D eigenvalue weighted by Crippen LogP contribution is -2.51. The molecule has 0 unspecified atom stereocenters. The van der Waals surface area contributed by atoms with Gasteiger partial charge >= 0.3 is 6.09 Å². The minimum atomic E-state index is -1.23. The van der Waals surface area contributed by atoms with Gasteiger partial charge in [-0.15, -0.1) is 0 Å². The highest BCUT2D eigenvalue weighted by Gasteiger charge is 2.31. The number of aliphatic hydroxyl groups is 1. The van der Waals surface area contributed by atoms with Gasteiger partial charge in [-0.3, -0.25) is 9.59 Å². The topological polar surface area (TPSA) is 128 Å². The average molecular weight is 341 g/mol. The van der Waals surface area contributed by atoms with Gasteiger partial charge in [0.15, 0.2) is 0 Å². The third-order valence-electron chi connectivity index (χ3n) is 4.96. The molecule has 1 saturated carbocycles. The predicted octanol–water partition coefficient (Wildman–Crippen LogP) is 0.206. The quantitative estimate of drug-likeness (QED) is 0.431. The van der Waals surface area contributed by atoms with Crippen LogP contribution in [-0.4, -0.2) is 53.4 Å². The summed E-state index contributed by atoms with van der Waals surface area (Å²) in [4.78, 5) is 35.0. The van der Waals surface area contributed by atoms with E-state index in [0.717, 1.165) is 25.7 Å². The molecule has 1 heterocycles. The number of rotatable bonds is 8. The molecule has 8 heteroatoms. The van der Waals surface area contributed by atoms with Crippen LogP contribution in [0.5, 0.6) is 0 Å². The number of hydrogen-bond donors (Lipinski definition) is 5. The molecule has 0 aromatic carbocycles. The molecule has 0 radical (unpaired) electrons. The van der Waals surface area contributed by atoms with Crippen molar-refractivity contribution in [3.8, 4) is 0 Å². The molecule has 1 aliphatic heterocycles. The highest BCUT2D eigenvalue weighted by atomic mass is 16.4. The SMILES string of the molecule is O=C(O)N[C@@H](CC1CCCC1)C(=O)N[C@H](CO)C[C@@H]1CCNC1=O. The zero-order chi connectivity index (χ0) is 17.5. The average Bonchev–Trinajstić information content (AvgIpc) is 3.17. The fraction of sp³-hybridized carbons (Fsp3) is 0.812. The van der Waals surface area contributed by atoms with Gasteiger partial charge in [0.2, 0.25) is 11.8 Å². The predicted molar refractivity (Wildman–Crippen MR) is 86.3 cm³/mol. The van der Waals surface area contributed by atoms with Gasteiger partial charge in [0.05, 0.1) is 12.6 Å². The highest BCUT2D eigenvalue weighted by Crippen LogP contribution is 2.28. The van der Waals surface area contributed by atoms with Crippen molar-refractivity contribution in [3.63, 3.8) is 0 Å². The van der Waals surface area contributed by atoms with Crippen LogP contribution in [0.4, 0.5) is 4.79 Å². The molecule has 0 aromatic heterocycles. The molecular weight excluding hydrogens is 314 g/mol. The van der Waals surface area contributed by atoms with E-state index in [9.17, 15) is 19.5 Å². The summed E-state index contributed by atoms with van der Waals surface area (Å²) < 4.78 is 0. The molecule has 136 valence electrons.